The van der Waals surface area contributed by atoms with Gasteiger partial charge in [0, 0.05) is 29.6 Å². The molecule has 3 heterocycles. The number of non-ortho nitro benzene ring substituents is 1. The number of benzene rings is 2. The van der Waals surface area contributed by atoms with Crippen LogP contribution in [-0.4, -0.2) is 31.8 Å². The number of fused-ring (bicyclic) bond motifs is 2. The van der Waals surface area contributed by atoms with E-state index >= 15 is 0 Å². The third kappa shape index (κ3) is 3.51. The molecule has 2 unspecified atom stereocenters. The smallest absolute Gasteiger partial charge is 0.339 e. The fraction of sp³-hybridized carbons (Fsp3) is 0.107. The number of aryl methyl sites for hydroxylation is 1. The minimum atomic E-state index is -0.434. The summed E-state index contributed by atoms with van der Waals surface area (Å²) in [4.78, 5) is 28.5. The molecular weight excluding hydrogens is 456 g/mol. The Morgan fingerprint density at radius 1 is 1.00 bits per heavy atom. The Kier molecular flexibility index (Phi) is 5.07. The first-order valence-electron chi connectivity index (χ1n) is 11.5. The van der Waals surface area contributed by atoms with Crippen molar-refractivity contribution in [2.24, 2.45) is 5.92 Å². The quantitative estimate of drug-likeness (QED) is 0.228. The second-order valence-corrected chi connectivity index (χ2v) is 8.69. The van der Waals surface area contributed by atoms with E-state index in [1.54, 1.807) is 23.0 Å². The lowest BCUT2D eigenvalue weighted by atomic mass is 9.79. The number of aromatic nitrogens is 3. The molecule has 2 atom stereocenters. The van der Waals surface area contributed by atoms with Crippen molar-refractivity contribution in [2.45, 2.75) is 13.0 Å². The number of esters is 1. The van der Waals surface area contributed by atoms with Crippen molar-refractivity contribution >= 4 is 33.8 Å². The molecule has 1 aliphatic carbocycles. The summed E-state index contributed by atoms with van der Waals surface area (Å²) in [6.07, 6.45) is 9.17. The van der Waals surface area contributed by atoms with Crippen molar-refractivity contribution in [1.29, 1.82) is 0 Å². The van der Waals surface area contributed by atoms with Crippen molar-refractivity contribution in [3.8, 4) is 5.69 Å². The summed E-state index contributed by atoms with van der Waals surface area (Å²) >= 11 is 0. The predicted octanol–water partition coefficient (Wildman–Crippen LogP) is 5.22. The van der Waals surface area contributed by atoms with E-state index in [9.17, 15) is 14.9 Å². The molecule has 2 aromatic carbocycles. The Morgan fingerprint density at radius 2 is 1.75 bits per heavy atom. The summed E-state index contributed by atoms with van der Waals surface area (Å²) in [5.74, 6) is -0.511. The van der Waals surface area contributed by atoms with Gasteiger partial charge < -0.3 is 4.74 Å². The molecule has 176 valence electrons. The van der Waals surface area contributed by atoms with E-state index in [1.165, 1.54) is 12.1 Å². The number of carbonyl (C=O) groups excluding carboxylic acids is 1. The van der Waals surface area contributed by atoms with Gasteiger partial charge in [-0.25, -0.2) is 14.5 Å². The van der Waals surface area contributed by atoms with E-state index in [-0.39, 0.29) is 23.7 Å². The monoisotopic (exact) mass is 476 g/mol. The highest BCUT2D eigenvalue weighted by Gasteiger charge is 2.37. The Labute approximate surface area is 206 Å². The fourth-order valence-corrected chi connectivity index (χ4v) is 4.82. The summed E-state index contributed by atoms with van der Waals surface area (Å²) < 4.78 is 7.46. The maximum absolute atomic E-state index is 13.2. The maximum atomic E-state index is 13.2. The van der Waals surface area contributed by atoms with Crippen LogP contribution in [0, 0.1) is 23.0 Å². The molecule has 0 N–H and O–H groups in total. The van der Waals surface area contributed by atoms with Gasteiger partial charge >= 0.3 is 5.97 Å². The van der Waals surface area contributed by atoms with E-state index in [2.05, 4.69) is 5.10 Å². The number of pyridine rings is 1. The van der Waals surface area contributed by atoms with Gasteiger partial charge in [-0.3, -0.25) is 10.1 Å². The molecule has 8 heteroatoms. The number of nitro benzene ring substituents is 1. The van der Waals surface area contributed by atoms with E-state index < -0.39 is 4.92 Å². The molecular formula is C28H20N4O4. The van der Waals surface area contributed by atoms with Crippen molar-refractivity contribution in [3.05, 3.63) is 118 Å². The zero-order chi connectivity index (χ0) is 24.8. The molecule has 0 amide bonds. The molecule has 0 saturated heterocycles. The van der Waals surface area contributed by atoms with Gasteiger partial charge in [0.05, 0.1) is 21.9 Å². The van der Waals surface area contributed by atoms with Gasteiger partial charge in [-0.05, 0) is 47.9 Å². The Balaban J connectivity index is 1.53. The Morgan fingerprint density at radius 3 is 2.50 bits per heavy atom. The topological polar surface area (TPSA) is 100 Å². The van der Waals surface area contributed by atoms with Crippen LogP contribution in [0.25, 0.3) is 27.9 Å². The first kappa shape index (κ1) is 21.7. The fourth-order valence-electron chi connectivity index (χ4n) is 4.82. The second kappa shape index (κ2) is 8.42. The van der Waals surface area contributed by atoms with Crippen LogP contribution < -0.4 is 0 Å². The second-order valence-electron chi connectivity index (χ2n) is 8.69. The number of rotatable bonds is 4. The van der Waals surface area contributed by atoms with Crippen LogP contribution in [0.2, 0.25) is 0 Å². The third-order valence-electron chi connectivity index (χ3n) is 6.52. The van der Waals surface area contributed by atoms with Gasteiger partial charge in [-0.1, -0.05) is 48.6 Å². The summed E-state index contributed by atoms with van der Waals surface area (Å²) in [6.45, 7) is 1.89. The zero-order valence-electron chi connectivity index (χ0n) is 19.2. The van der Waals surface area contributed by atoms with Crippen molar-refractivity contribution in [3.63, 3.8) is 0 Å². The van der Waals surface area contributed by atoms with Crippen LogP contribution in [0.15, 0.2) is 91.2 Å². The number of nitrogens with zero attached hydrogens (tertiary/aromatic N) is 4. The largest absolute Gasteiger partial charge is 0.454 e. The minimum absolute atomic E-state index is 0.0101. The number of allylic oxidation sites excluding steroid dienone is 2. The minimum Gasteiger partial charge on any atom is -0.454 e. The highest BCUT2D eigenvalue weighted by atomic mass is 16.6. The molecule has 4 aromatic rings. The summed E-state index contributed by atoms with van der Waals surface area (Å²) in [6, 6.07) is 17.7. The molecule has 0 fully saturated rings. The molecule has 36 heavy (non-hydrogen) atoms. The van der Waals surface area contributed by atoms with Crippen LogP contribution in [0.5, 0.6) is 0 Å². The van der Waals surface area contributed by atoms with Crippen LogP contribution in [0.1, 0.15) is 16.8 Å². The SMILES string of the molecule is Cc1nn(-c2ccc([N+](=O)[O-])cc2)c2ncc(C3=C(c4ccccc4)C(=O)OC4C=CC=CC34)cc12. The molecule has 1 aliphatic heterocycles. The molecule has 6 rings (SSSR count). The van der Waals surface area contributed by atoms with E-state index in [4.69, 9.17) is 9.72 Å². The maximum Gasteiger partial charge on any atom is 0.339 e. The van der Waals surface area contributed by atoms with Crippen LogP contribution >= 0.6 is 0 Å². The first-order valence-corrected chi connectivity index (χ1v) is 11.5. The predicted molar refractivity (Wildman–Crippen MR) is 135 cm³/mol. The van der Waals surface area contributed by atoms with Crippen molar-refractivity contribution in [2.75, 3.05) is 0 Å². The van der Waals surface area contributed by atoms with Gasteiger partial charge in [0.15, 0.2) is 5.65 Å². The van der Waals surface area contributed by atoms with Gasteiger partial charge in [0.1, 0.15) is 6.10 Å². The van der Waals surface area contributed by atoms with Gasteiger partial charge in [0.25, 0.3) is 5.69 Å². The summed E-state index contributed by atoms with van der Waals surface area (Å²) in [7, 11) is 0. The lowest BCUT2D eigenvalue weighted by Crippen LogP contribution is -2.32. The highest BCUT2D eigenvalue weighted by molar-refractivity contribution is 6.26. The molecule has 8 nitrogen and oxygen atoms in total. The first-order chi connectivity index (χ1) is 17.5. The number of hydrogen-bond acceptors (Lipinski definition) is 6. The van der Waals surface area contributed by atoms with Crippen molar-refractivity contribution in [1.82, 2.24) is 14.8 Å². The average molecular weight is 476 g/mol. The highest BCUT2D eigenvalue weighted by Crippen LogP contribution is 2.42. The molecule has 0 saturated carbocycles. The molecule has 0 radical (unpaired) electrons. The lowest BCUT2D eigenvalue weighted by Gasteiger charge is -2.33. The standard InChI is InChI=1S/C28H20N4O4/c1-17-23-15-19(16-29-27(23)31(30-17)20-11-13-21(14-12-20)32(34)35)25-22-9-5-6-10-24(22)36-28(33)26(25)18-7-3-2-4-8-18/h2-16,22,24H,1H3. The van der Waals surface area contributed by atoms with Gasteiger partial charge in [0.2, 0.25) is 0 Å². The van der Waals surface area contributed by atoms with Gasteiger partial charge in [-0.2, -0.15) is 5.10 Å². The van der Waals surface area contributed by atoms with E-state index in [0.29, 0.717) is 16.9 Å². The number of carbonyl (C=O) groups is 1. The van der Waals surface area contributed by atoms with Crippen molar-refractivity contribution < 1.29 is 14.5 Å². The van der Waals surface area contributed by atoms with Gasteiger partial charge in [-0.15, -0.1) is 0 Å². The summed E-state index contributed by atoms with van der Waals surface area (Å²) in [5, 5.41) is 16.5. The third-order valence-corrected chi connectivity index (χ3v) is 6.52. The molecule has 2 aliphatic rings. The molecule has 2 aromatic heterocycles. The molecule has 0 spiro atoms. The van der Waals surface area contributed by atoms with Crippen LogP contribution in [-0.2, 0) is 9.53 Å². The average Bonchev–Trinajstić information content (AvgIpc) is 3.24. The lowest BCUT2D eigenvalue weighted by molar-refractivity contribution is -0.384. The Hall–Kier alpha value is -4.85. The normalized spacial score (nSPS) is 18.9. The zero-order valence-corrected chi connectivity index (χ0v) is 19.2. The molecule has 0 bridgehead atoms. The number of nitro groups is 1. The van der Waals surface area contributed by atoms with Crippen LogP contribution in [0.4, 0.5) is 5.69 Å². The van der Waals surface area contributed by atoms with E-state index in [1.807, 2.05) is 67.6 Å². The number of hydrogen-bond donors (Lipinski definition) is 0. The van der Waals surface area contributed by atoms with Crippen LogP contribution in [0.3, 0.4) is 0 Å². The van der Waals surface area contributed by atoms with E-state index in [0.717, 1.165) is 27.8 Å². The number of ether oxygens (including phenoxy) is 1. The summed E-state index contributed by atoms with van der Waals surface area (Å²) in [5.41, 5.74) is 5.06. The Bertz CT molecular complexity index is 1610.